The van der Waals surface area contributed by atoms with Gasteiger partial charge in [0, 0.05) is 0 Å². The summed E-state index contributed by atoms with van der Waals surface area (Å²) in [6.45, 7) is 0. The molecule has 0 N–H and O–H groups in total. The van der Waals surface area contributed by atoms with Gasteiger partial charge in [-0.3, -0.25) is 10.1 Å². The highest BCUT2D eigenvalue weighted by Gasteiger charge is 2.16. The minimum absolute atomic E-state index is 0.0833. The van der Waals surface area contributed by atoms with Crippen molar-refractivity contribution in [1.82, 2.24) is 9.80 Å². The van der Waals surface area contributed by atoms with Crippen LogP contribution in [0.3, 0.4) is 0 Å². The number of rotatable bonds is 1. The second-order valence-electron chi connectivity index (χ2n) is 2.08. The van der Waals surface area contributed by atoms with E-state index < -0.39 is 4.92 Å². The Morgan fingerprint density at radius 2 is 1.80 bits per heavy atom. The molecule has 0 atom stereocenters. The fraction of sp³-hybridized carbons (Fsp3) is 0.400. The van der Waals surface area contributed by atoms with Gasteiger partial charge in [-0.1, -0.05) is 4.92 Å². The molecule has 0 fully saturated rings. The third kappa shape index (κ3) is 0.854. The molecule has 0 aromatic carbocycles. The Morgan fingerprint density at radius 3 is 2.00 bits per heavy atom. The molecule has 0 aromatic rings. The first-order chi connectivity index (χ1) is 4.63. The Hall–Kier alpha value is -1.39. The largest absolute Gasteiger partial charge is 0.432 e. The second kappa shape index (κ2) is 2.09. The van der Waals surface area contributed by atoms with Gasteiger partial charge >= 0.3 is 0 Å². The average Bonchev–Trinajstić information content (AvgIpc) is 2.11. The molecule has 0 unspecified atom stereocenters. The topological polar surface area (TPSA) is 49.6 Å². The molecule has 1 aliphatic heterocycles. The van der Waals surface area contributed by atoms with Gasteiger partial charge in [0.1, 0.15) is 6.29 Å². The van der Waals surface area contributed by atoms with Gasteiger partial charge in [0.25, 0.3) is 0 Å². The lowest BCUT2D eigenvalue weighted by atomic mass is 10.7. The molecule has 1 rings (SSSR count). The fourth-order valence-electron chi connectivity index (χ4n) is 0.840. The number of nitrogens with zero attached hydrogens (tertiary/aromatic N) is 3. The molecule has 0 spiro atoms. The van der Waals surface area contributed by atoms with Crippen molar-refractivity contribution in [1.29, 1.82) is 0 Å². The van der Waals surface area contributed by atoms with E-state index in [-0.39, 0.29) is 6.29 Å². The highest BCUT2D eigenvalue weighted by atomic mass is 16.6. The fourth-order valence-corrected chi connectivity index (χ4v) is 0.840. The molecular formula is C5H8N3O2-. The summed E-state index contributed by atoms with van der Waals surface area (Å²) in [4.78, 5) is 12.8. The predicted octanol–water partition coefficient (Wildman–Crippen LogP) is 0.0585. The van der Waals surface area contributed by atoms with Gasteiger partial charge in [-0.2, -0.15) is 0 Å². The lowest BCUT2D eigenvalue weighted by molar-refractivity contribution is -0.504. The van der Waals surface area contributed by atoms with Crippen molar-refractivity contribution < 1.29 is 4.92 Å². The number of hydrogen-bond donors (Lipinski definition) is 0. The maximum atomic E-state index is 10.3. The Morgan fingerprint density at radius 1 is 1.40 bits per heavy atom. The van der Waals surface area contributed by atoms with Crippen LogP contribution >= 0.6 is 0 Å². The van der Waals surface area contributed by atoms with Crippen molar-refractivity contribution in [3.05, 3.63) is 28.8 Å². The molecule has 0 aliphatic carbocycles. The molecule has 5 nitrogen and oxygen atoms in total. The molecule has 0 radical (unpaired) electrons. The monoisotopic (exact) mass is 142 g/mol. The van der Waals surface area contributed by atoms with Crippen molar-refractivity contribution in [2.24, 2.45) is 0 Å². The van der Waals surface area contributed by atoms with Crippen LogP contribution in [-0.4, -0.2) is 28.8 Å². The van der Waals surface area contributed by atoms with E-state index in [1.54, 1.807) is 26.5 Å². The van der Waals surface area contributed by atoms with Gasteiger partial charge in [0.2, 0.25) is 0 Å². The Balaban J connectivity index is 2.69. The van der Waals surface area contributed by atoms with E-state index in [4.69, 9.17) is 0 Å². The zero-order valence-corrected chi connectivity index (χ0v) is 5.81. The first-order valence-corrected chi connectivity index (χ1v) is 2.78. The van der Waals surface area contributed by atoms with Crippen LogP contribution in [0.5, 0.6) is 0 Å². The van der Waals surface area contributed by atoms with Crippen LogP contribution in [0, 0.1) is 16.4 Å². The minimum Gasteiger partial charge on any atom is -0.432 e. The quantitative estimate of drug-likeness (QED) is 0.295. The van der Waals surface area contributed by atoms with E-state index >= 15 is 0 Å². The van der Waals surface area contributed by atoms with Crippen molar-refractivity contribution in [2.45, 2.75) is 0 Å². The average molecular weight is 142 g/mol. The lowest BCUT2D eigenvalue weighted by Crippen LogP contribution is -2.32. The molecule has 0 aromatic heterocycles. The highest BCUT2D eigenvalue weighted by molar-refractivity contribution is 4.98. The molecule has 0 bridgehead atoms. The maximum absolute atomic E-state index is 10.3. The van der Waals surface area contributed by atoms with Crippen molar-refractivity contribution >= 4 is 0 Å². The van der Waals surface area contributed by atoms with Crippen LogP contribution < -0.4 is 0 Å². The molecular weight excluding hydrogens is 134 g/mol. The van der Waals surface area contributed by atoms with E-state index in [9.17, 15) is 10.1 Å². The molecule has 5 heteroatoms. The van der Waals surface area contributed by atoms with Crippen LogP contribution in [0.15, 0.2) is 12.4 Å². The van der Waals surface area contributed by atoms with E-state index in [1.165, 1.54) is 9.80 Å². The van der Waals surface area contributed by atoms with Gasteiger partial charge in [0.05, 0.1) is 0 Å². The van der Waals surface area contributed by atoms with Gasteiger partial charge in [-0.05, 0) is 26.5 Å². The summed E-state index contributed by atoms with van der Waals surface area (Å²) in [5, 5.41) is 10.3. The Kier molecular flexibility index (Phi) is 1.41. The molecule has 1 aliphatic rings. The Bertz CT molecular complexity index is 168. The first kappa shape index (κ1) is 6.73. The molecule has 10 heavy (non-hydrogen) atoms. The summed E-state index contributed by atoms with van der Waals surface area (Å²) in [6, 6.07) is 0. The first-order valence-electron chi connectivity index (χ1n) is 2.78. The SMILES string of the molecule is CN1C=CN(C)[C-]1[N+](=O)[O-]. The zero-order chi connectivity index (χ0) is 7.72. The summed E-state index contributed by atoms with van der Waals surface area (Å²) in [6.07, 6.45) is 3.36. The number of hydrogen-bond acceptors (Lipinski definition) is 4. The van der Waals surface area contributed by atoms with Crippen molar-refractivity contribution in [3.63, 3.8) is 0 Å². The maximum Gasteiger partial charge on any atom is 0.136 e. The van der Waals surface area contributed by atoms with Gasteiger partial charge < -0.3 is 9.80 Å². The summed E-state index contributed by atoms with van der Waals surface area (Å²) < 4.78 is 0. The van der Waals surface area contributed by atoms with Crippen LogP contribution in [0.4, 0.5) is 0 Å². The van der Waals surface area contributed by atoms with Crippen molar-refractivity contribution in [3.8, 4) is 0 Å². The van der Waals surface area contributed by atoms with Gasteiger partial charge in [-0.15, -0.1) is 0 Å². The van der Waals surface area contributed by atoms with Gasteiger partial charge in [-0.25, -0.2) is 0 Å². The van der Waals surface area contributed by atoms with E-state index in [2.05, 4.69) is 0 Å². The van der Waals surface area contributed by atoms with E-state index in [1.807, 2.05) is 0 Å². The van der Waals surface area contributed by atoms with Crippen molar-refractivity contribution in [2.75, 3.05) is 14.1 Å². The minimum atomic E-state index is -0.417. The predicted molar refractivity (Wildman–Crippen MR) is 34.9 cm³/mol. The molecule has 0 saturated carbocycles. The highest BCUT2D eigenvalue weighted by Crippen LogP contribution is 2.17. The second-order valence-corrected chi connectivity index (χ2v) is 2.08. The molecule has 56 valence electrons. The van der Waals surface area contributed by atoms with E-state index in [0.717, 1.165) is 0 Å². The third-order valence-corrected chi connectivity index (χ3v) is 1.31. The third-order valence-electron chi connectivity index (χ3n) is 1.31. The van der Waals surface area contributed by atoms with E-state index in [0.29, 0.717) is 0 Å². The Labute approximate surface area is 58.7 Å². The lowest BCUT2D eigenvalue weighted by Gasteiger charge is -2.31. The molecule has 0 saturated heterocycles. The normalized spacial score (nSPS) is 16.8. The van der Waals surface area contributed by atoms with Crippen LogP contribution in [-0.2, 0) is 0 Å². The molecule has 1 heterocycles. The molecule has 0 amide bonds. The summed E-state index contributed by atoms with van der Waals surface area (Å²) in [7, 11) is 3.27. The zero-order valence-electron chi connectivity index (χ0n) is 5.81. The summed E-state index contributed by atoms with van der Waals surface area (Å²) in [5.41, 5.74) is 0. The van der Waals surface area contributed by atoms with Crippen LogP contribution in [0.1, 0.15) is 0 Å². The van der Waals surface area contributed by atoms with Gasteiger partial charge in [0.15, 0.2) is 0 Å². The van der Waals surface area contributed by atoms with Crippen LogP contribution in [0.25, 0.3) is 0 Å². The standard InChI is InChI=1S/C5H8N3O2/c1-6-3-4-7(2)5(6)8(9)10/h3-4H,1-2H3/q-1. The summed E-state index contributed by atoms with van der Waals surface area (Å²) >= 11 is 0. The summed E-state index contributed by atoms with van der Waals surface area (Å²) in [5.74, 6) is 0. The number of nitro groups is 1. The van der Waals surface area contributed by atoms with Crippen LogP contribution in [0.2, 0.25) is 0 Å². The smallest absolute Gasteiger partial charge is 0.136 e.